The van der Waals surface area contributed by atoms with Crippen LogP contribution in [0.15, 0.2) is 29.3 Å². The van der Waals surface area contributed by atoms with Crippen LogP contribution in [0, 0.1) is 0 Å². The minimum atomic E-state index is -0.259. The molecular weight excluding hydrogens is 144 g/mol. The summed E-state index contributed by atoms with van der Waals surface area (Å²) in [6.07, 6.45) is 2.84. The van der Waals surface area contributed by atoms with Crippen molar-refractivity contribution < 1.29 is 4.79 Å². The average Bonchev–Trinajstić information content (AvgIpc) is 2.05. The highest BCUT2D eigenvalue weighted by Gasteiger charge is 1.95. The van der Waals surface area contributed by atoms with E-state index in [2.05, 4.69) is 5.32 Å². The zero-order valence-corrected chi connectivity index (χ0v) is 6.07. The highest BCUT2D eigenvalue weighted by atomic mass is 16.2. The van der Waals surface area contributed by atoms with Gasteiger partial charge in [0.15, 0.2) is 5.43 Å². The Morgan fingerprint density at radius 3 is 2.45 bits per heavy atom. The maximum atomic E-state index is 10.9. The first-order valence-electron chi connectivity index (χ1n) is 3.14. The Morgan fingerprint density at radius 2 is 2.00 bits per heavy atom. The second-order valence-electron chi connectivity index (χ2n) is 2.00. The molecule has 1 aromatic rings. The fourth-order valence-corrected chi connectivity index (χ4v) is 0.677. The Balaban J connectivity index is 2.99. The number of hydrogen-bond donors (Lipinski definition) is 1. The average molecular weight is 152 g/mol. The smallest absolute Gasteiger partial charge is 0.325 e. The van der Waals surface area contributed by atoms with Crippen LogP contribution >= 0.6 is 0 Å². The lowest BCUT2D eigenvalue weighted by Crippen LogP contribution is -2.24. The van der Waals surface area contributed by atoms with Crippen LogP contribution in [0.2, 0.25) is 0 Å². The second kappa shape index (κ2) is 3.01. The van der Waals surface area contributed by atoms with Crippen LogP contribution in [-0.4, -0.2) is 17.6 Å². The van der Waals surface area contributed by atoms with Crippen LogP contribution in [0.3, 0.4) is 0 Å². The van der Waals surface area contributed by atoms with Gasteiger partial charge in [0.2, 0.25) is 0 Å². The predicted molar refractivity (Wildman–Crippen MR) is 40.6 cm³/mol. The predicted octanol–water partition coefficient (Wildman–Crippen LogP) is 0.0358. The van der Waals surface area contributed by atoms with Gasteiger partial charge in [0.25, 0.3) is 0 Å². The minimum Gasteiger partial charge on any atom is -0.340 e. The summed E-state index contributed by atoms with van der Waals surface area (Å²) in [6.45, 7) is 0. The van der Waals surface area contributed by atoms with Crippen LogP contribution < -0.4 is 10.7 Å². The number of pyridine rings is 1. The Hall–Kier alpha value is -1.58. The Kier molecular flexibility index (Phi) is 2.06. The van der Waals surface area contributed by atoms with E-state index >= 15 is 0 Å². The molecule has 0 aliphatic heterocycles. The summed E-state index contributed by atoms with van der Waals surface area (Å²) in [6, 6.07) is 2.40. The lowest BCUT2D eigenvalue weighted by molar-refractivity contribution is 0.244. The molecule has 0 atom stereocenters. The largest absolute Gasteiger partial charge is 0.340 e. The maximum Gasteiger partial charge on any atom is 0.325 e. The van der Waals surface area contributed by atoms with Crippen molar-refractivity contribution in [1.82, 2.24) is 9.88 Å². The van der Waals surface area contributed by atoms with Gasteiger partial charge in [-0.25, -0.2) is 4.79 Å². The number of rotatable bonds is 0. The molecule has 11 heavy (non-hydrogen) atoms. The molecule has 1 rings (SSSR count). The fraction of sp³-hybridized carbons (Fsp3) is 0.143. The molecule has 0 aromatic carbocycles. The van der Waals surface area contributed by atoms with E-state index in [9.17, 15) is 9.59 Å². The van der Waals surface area contributed by atoms with Gasteiger partial charge < -0.3 is 5.32 Å². The van der Waals surface area contributed by atoms with E-state index in [-0.39, 0.29) is 11.5 Å². The van der Waals surface area contributed by atoms with Crippen molar-refractivity contribution in [3.63, 3.8) is 0 Å². The van der Waals surface area contributed by atoms with E-state index in [0.29, 0.717) is 0 Å². The Morgan fingerprint density at radius 1 is 1.45 bits per heavy atom. The van der Waals surface area contributed by atoms with Crippen LogP contribution in [0.1, 0.15) is 0 Å². The first kappa shape index (κ1) is 7.53. The summed E-state index contributed by atoms with van der Waals surface area (Å²) in [5.74, 6) is 0. The highest BCUT2D eigenvalue weighted by Crippen LogP contribution is 1.81. The van der Waals surface area contributed by atoms with Gasteiger partial charge in [0.05, 0.1) is 0 Å². The molecule has 0 spiro atoms. The number of amides is 1. The molecule has 0 saturated carbocycles. The minimum absolute atomic E-state index is 0.106. The van der Waals surface area contributed by atoms with Gasteiger partial charge in [0, 0.05) is 31.6 Å². The molecule has 0 saturated heterocycles. The zero-order chi connectivity index (χ0) is 8.27. The normalized spacial score (nSPS) is 9.18. The third kappa shape index (κ3) is 1.67. The van der Waals surface area contributed by atoms with Crippen molar-refractivity contribution in [3.05, 3.63) is 34.7 Å². The van der Waals surface area contributed by atoms with Crippen molar-refractivity contribution in [2.75, 3.05) is 7.05 Å². The van der Waals surface area contributed by atoms with Crippen LogP contribution in [-0.2, 0) is 0 Å². The molecule has 4 heteroatoms. The summed E-state index contributed by atoms with van der Waals surface area (Å²) < 4.78 is 1.29. The summed E-state index contributed by atoms with van der Waals surface area (Å²) in [7, 11) is 1.53. The van der Waals surface area contributed by atoms with Gasteiger partial charge in [-0.2, -0.15) is 0 Å². The molecule has 0 radical (unpaired) electrons. The zero-order valence-electron chi connectivity index (χ0n) is 6.07. The third-order valence-electron chi connectivity index (χ3n) is 1.25. The van der Waals surface area contributed by atoms with Crippen molar-refractivity contribution in [3.8, 4) is 0 Å². The molecular formula is C7H8N2O2. The number of nitrogens with one attached hydrogen (secondary N) is 1. The van der Waals surface area contributed by atoms with Crippen LogP contribution in [0.25, 0.3) is 0 Å². The maximum absolute atomic E-state index is 10.9. The van der Waals surface area contributed by atoms with Crippen LogP contribution in [0.5, 0.6) is 0 Å². The van der Waals surface area contributed by atoms with Crippen molar-refractivity contribution in [2.24, 2.45) is 0 Å². The van der Waals surface area contributed by atoms with Gasteiger partial charge in [-0.3, -0.25) is 9.36 Å². The second-order valence-corrected chi connectivity index (χ2v) is 2.00. The number of nitrogens with zero attached hydrogens (tertiary/aromatic N) is 1. The van der Waals surface area contributed by atoms with Gasteiger partial charge in [-0.1, -0.05) is 0 Å². The highest BCUT2D eigenvalue weighted by molar-refractivity contribution is 5.75. The van der Waals surface area contributed by atoms with Crippen molar-refractivity contribution in [2.45, 2.75) is 0 Å². The van der Waals surface area contributed by atoms with Gasteiger partial charge in [-0.15, -0.1) is 0 Å². The monoisotopic (exact) mass is 152 g/mol. The first-order chi connectivity index (χ1) is 5.24. The molecule has 0 aliphatic rings. The van der Waals surface area contributed by atoms with Crippen LogP contribution in [0.4, 0.5) is 4.79 Å². The molecule has 0 bridgehead atoms. The Labute approximate surface area is 63.5 Å². The molecule has 1 amide bonds. The number of aromatic nitrogens is 1. The van der Waals surface area contributed by atoms with E-state index in [1.165, 1.54) is 36.1 Å². The number of carbonyl (C=O) groups is 1. The van der Waals surface area contributed by atoms with E-state index in [1.54, 1.807) is 0 Å². The van der Waals surface area contributed by atoms with E-state index in [4.69, 9.17) is 0 Å². The molecule has 4 nitrogen and oxygen atoms in total. The topological polar surface area (TPSA) is 51.1 Å². The molecule has 0 unspecified atom stereocenters. The quantitative estimate of drug-likeness (QED) is 0.570. The summed E-state index contributed by atoms with van der Waals surface area (Å²) in [5.41, 5.74) is -0.106. The third-order valence-corrected chi connectivity index (χ3v) is 1.25. The van der Waals surface area contributed by atoms with Gasteiger partial charge in [-0.05, 0) is 0 Å². The lowest BCUT2D eigenvalue weighted by atomic mass is 10.5. The van der Waals surface area contributed by atoms with Crippen molar-refractivity contribution >= 4 is 6.03 Å². The molecule has 1 aromatic heterocycles. The van der Waals surface area contributed by atoms with Gasteiger partial charge in [0.1, 0.15) is 0 Å². The van der Waals surface area contributed by atoms with Crippen molar-refractivity contribution in [1.29, 1.82) is 0 Å². The van der Waals surface area contributed by atoms with E-state index < -0.39 is 0 Å². The summed E-state index contributed by atoms with van der Waals surface area (Å²) in [5, 5.41) is 2.42. The fourth-order valence-electron chi connectivity index (χ4n) is 0.677. The van der Waals surface area contributed by atoms with E-state index in [1.807, 2.05) is 0 Å². The Bertz CT molecular complexity index is 296. The lowest BCUT2D eigenvalue weighted by Gasteiger charge is -2.00. The number of carbonyl (C=O) groups excluding carboxylic acids is 1. The SMILES string of the molecule is CNC(=O)n1ccc(=O)cc1. The molecule has 1 N–H and O–H groups in total. The molecule has 1 heterocycles. The first-order valence-corrected chi connectivity index (χ1v) is 3.14. The molecule has 0 fully saturated rings. The summed E-state index contributed by atoms with van der Waals surface area (Å²) in [4.78, 5) is 21.5. The summed E-state index contributed by atoms with van der Waals surface area (Å²) >= 11 is 0. The molecule has 0 aliphatic carbocycles. The van der Waals surface area contributed by atoms with Gasteiger partial charge >= 0.3 is 6.03 Å². The molecule has 58 valence electrons. The standard InChI is InChI=1S/C7H8N2O2/c1-8-7(11)9-4-2-6(10)3-5-9/h2-5H,1H3,(H,8,11). The van der Waals surface area contributed by atoms with E-state index in [0.717, 1.165) is 0 Å². The number of hydrogen-bond acceptors (Lipinski definition) is 2.